The number of hydrogen-bond donors (Lipinski definition) is 2. The van der Waals surface area contributed by atoms with Crippen molar-refractivity contribution >= 4 is 22.5 Å². The Morgan fingerprint density at radius 3 is 2.65 bits per heavy atom. The Morgan fingerprint density at radius 1 is 1.13 bits per heavy atom. The van der Waals surface area contributed by atoms with Crippen LogP contribution in [0.1, 0.15) is 0 Å². The van der Waals surface area contributed by atoms with Crippen molar-refractivity contribution in [1.29, 1.82) is 0 Å². The first kappa shape index (κ1) is 14.7. The third-order valence-corrected chi connectivity index (χ3v) is 3.24. The average molecular weight is 312 g/mol. The molecule has 6 nitrogen and oxygen atoms in total. The van der Waals surface area contributed by atoms with Crippen molar-refractivity contribution in [3.8, 4) is 0 Å². The quantitative estimate of drug-likeness (QED) is 0.719. The second-order valence-electron chi connectivity index (χ2n) is 4.87. The fourth-order valence-electron chi connectivity index (χ4n) is 2.09. The molecule has 0 bridgehead atoms. The molecule has 1 heterocycles. The van der Waals surface area contributed by atoms with Crippen LogP contribution in [-0.4, -0.2) is 15.5 Å². The first-order valence-electron chi connectivity index (χ1n) is 6.88. The molecule has 3 aromatic rings. The molecule has 0 spiro atoms. The number of rotatable bonds is 4. The van der Waals surface area contributed by atoms with Gasteiger partial charge in [0.2, 0.25) is 0 Å². The van der Waals surface area contributed by atoms with E-state index in [0.717, 1.165) is 0 Å². The van der Waals surface area contributed by atoms with Gasteiger partial charge in [0.25, 0.3) is 11.5 Å². The van der Waals surface area contributed by atoms with Crippen molar-refractivity contribution in [2.24, 2.45) is 0 Å². The van der Waals surface area contributed by atoms with Gasteiger partial charge in [-0.25, -0.2) is 9.37 Å². The average Bonchev–Trinajstić information content (AvgIpc) is 2.57. The van der Waals surface area contributed by atoms with E-state index in [9.17, 15) is 14.0 Å². The molecule has 0 aliphatic heterocycles. The lowest BCUT2D eigenvalue weighted by molar-refractivity contribution is -0.121. The van der Waals surface area contributed by atoms with Crippen LogP contribution in [0.25, 0.3) is 10.9 Å². The van der Waals surface area contributed by atoms with Crippen LogP contribution in [0.2, 0.25) is 0 Å². The molecule has 0 radical (unpaired) electrons. The Morgan fingerprint density at radius 2 is 1.87 bits per heavy atom. The minimum Gasteiger partial charge on any atom is -0.299 e. The van der Waals surface area contributed by atoms with E-state index in [-0.39, 0.29) is 17.9 Å². The molecule has 7 heteroatoms. The molecule has 2 N–H and O–H groups in total. The van der Waals surface area contributed by atoms with Crippen LogP contribution in [0.5, 0.6) is 0 Å². The van der Waals surface area contributed by atoms with Crippen LogP contribution in [0.15, 0.2) is 59.7 Å². The SMILES string of the molecule is O=C(Cn1cnc2ccccc2c1=O)NNc1ccc(F)cc1. The molecule has 0 aliphatic carbocycles. The van der Waals surface area contributed by atoms with Crippen LogP contribution >= 0.6 is 0 Å². The van der Waals surface area contributed by atoms with Crippen LogP contribution in [-0.2, 0) is 11.3 Å². The van der Waals surface area contributed by atoms with Gasteiger partial charge < -0.3 is 0 Å². The number of nitrogens with one attached hydrogen (secondary N) is 2. The second-order valence-corrected chi connectivity index (χ2v) is 4.87. The highest BCUT2D eigenvalue weighted by atomic mass is 19.1. The number of nitrogens with zero attached hydrogens (tertiary/aromatic N) is 2. The number of benzene rings is 2. The lowest BCUT2D eigenvalue weighted by Crippen LogP contribution is -2.35. The van der Waals surface area contributed by atoms with E-state index in [4.69, 9.17) is 0 Å². The van der Waals surface area contributed by atoms with Gasteiger partial charge in [0, 0.05) is 0 Å². The van der Waals surface area contributed by atoms with Gasteiger partial charge in [-0.05, 0) is 36.4 Å². The van der Waals surface area contributed by atoms with Crippen LogP contribution in [0.4, 0.5) is 10.1 Å². The summed E-state index contributed by atoms with van der Waals surface area (Å²) in [7, 11) is 0. The van der Waals surface area contributed by atoms with E-state index in [1.165, 1.54) is 35.2 Å². The molecule has 0 aliphatic rings. The highest BCUT2D eigenvalue weighted by molar-refractivity contribution is 5.79. The number of anilines is 1. The summed E-state index contributed by atoms with van der Waals surface area (Å²) in [5.74, 6) is -0.788. The number of fused-ring (bicyclic) bond motifs is 1. The van der Waals surface area contributed by atoms with Gasteiger partial charge in [0.05, 0.1) is 22.9 Å². The zero-order valence-corrected chi connectivity index (χ0v) is 12.0. The number of carbonyl (C=O) groups is 1. The standard InChI is InChI=1S/C16H13FN4O2/c17-11-5-7-12(8-6-11)19-20-15(22)9-21-10-18-14-4-2-1-3-13(14)16(21)23/h1-8,10,19H,9H2,(H,20,22). The number of carbonyl (C=O) groups excluding carboxylic acids is 1. The fourth-order valence-corrected chi connectivity index (χ4v) is 2.09. The molecule has 1 aromatic heterocycles. The molecule has 116 valence electrons. The van der Waals surface area contributed by atoms with Gasteiger partial charge in [-0.2, -0.15) is 0 Å². The van der Waals surface area contributed by atoms with E-state index in [0.29, 0.717) is 16.6 Å². The Hall–Kier alpha value is -3.22. The summed E-state index contributed by atoms with van der Waals surface area (Å²) in [5.41, 5.74) is 5.92. The number of hydrazine groups is 1. The van der Waals surface area contributed by atoms with Crippen LogP contribution < -0.4 is 16.4 Å². The van der Waals surface area contributed by atoms with Crippen LogP contribution in [0, 0.1) is 5.82 Å². The number of halogens is 1. The van der Waals surface area contributed by atoms with Gasteiger partial charge in [-0.1, -0.05) is 12.1 Å². The second kappa shape index (κ2) is 6.27. The van der Waals surface area contributed by atoms with Gasteiger partial charge in [-0.3, -0.25) is 25.0 Å². The maximum atomic E-state index is 12.8. The van der Waals surface area contributed by atoms with Crippen molar-refractivity contribution in [3.63, 3.8) is 0 Å². The first-order valence-corrected chi connectivity index (χ1v) is 6.88. The molecule has 2 aromatic carbocycles. The largest absolute Gasteiger partial charge is 0.299 e. The molecular weight excluding hydrogens is 299 g/mol. The number of hydrogen-bond acceptors (Lipinski definition) is 4. The first-order chi connectivity index (χ1) is 11.1. The van der Waals surface area contributed by atoms with E-state index < -0.39 is 5.91 Å². The summed E-state index contributed by atoms with van der Waals surface area (Å²) in [6, 6.07) is 12.4. The molecule has 0 saturated carbocycles. The normalized spacial score (nSPS) is 10.5. The van der Waals surface area contributed by atoms with Gasteiger partial charge in [-0.15, -0.1) is 0 Å². The molecular formula is C16H13FN4O2. The van der Waals surface area contributed by atoms with Crippen LogP contribution in [0.3, 0.4) is 0 Å². The van der Waals surface area contributed by atoms with E-state index in [2.05, 4.69) is 15.8 Å². The fraction of sp³-hybridized carbons (Fsp3) is 0.0625. The summed E-state index contributed by atoms with van der Waals surface area (Å²) < 4.78 is 14.0. The zero-order chi connectivity index (χ0) is 16.2. The molecule has 0 fully saturated rings. The van der Waals surface area contributed by atoms with E-state index in [1.54, 1.807) is 24.3 Å². The van der Waals surface area contributed by atoms with Gasteiger partial charge in [0.1, 0.15) is 12.4 Å². The van der Waals surface area contributed by atoms with Gasteiger partial charge in [0.15, 0.2) is 0 Å². The molecule has 0 unspecified atom stereocenters. The molecule has 23 heavy (non-hydrogen) atoms. The third kappa shape index (κ3) is 3.34. The maximum absolute atomic E-state index is 12.8. The predicted molar refractivity (Wildman–Crippen MR) is 84.2 cm³/mol. The lowest BCUT2D eigenvalue weighted by atomic mass is 10.2. The van der Waals surface area contributed by atoms with E-state index in [1.807, 2.05) is 0 Å². The van der Waals surface area contributed by atoms with E-state index >= 15 is 0 Å². The lowest BCUT2D eigenvalue weighted by Gasteiger charge is -2.10. The summed E-state index contributed by atoms with van der Waals surface area (Å²) in [6.07, 6.45) is 1.34. The summed E-state index contributed by atoms with van der Waals surface area (Å²) in [4.78, 5) is 28.3. The highest BCUT2D eigenvalue weighted by Crippen LogP contribution is 2.07. The monoisotopic (exact) mass is 312 g/mol. The van der Waals surface area contributed by atoms with Crippen molar-refractivity contribution in [3.05, 3.63) is 71.0 Å². The zero-order valence-electron chi connectivity index (χ0n) is 12.0. The Kier molecular flexibility index (Phi) is 4.01. The van der Waals surface area contributed by atoms with Crippen molar-refractivity contribution in [1.82, 2.24) is 15.0 Å². The maximum Gasteiger partial charge on any atom is 0.261 e. The summed E-state index contributed by atoms with van der Waals surface area (Å²) >= 11 is 0. The molecule has 0 saturated heterocycles. The molecule has 1 amide bonds. The molecule has 3 rings (SSSR count). The topological polar surface area (TPSA) is 76.0 Å². The summed E-state index contributed by atoms with van der Waals surface area (Å²) in [5, 5.41) is 0.453. The van der Waals surface area contributed by atoms with Gasteiger partial charge >= 0.3 is 0 Å². The number of amides is 1. The predicted octanol–water partition coefficient (Wildman–Crippen LogP) is 1.68. The van der Waals surface area contributed by atoms with Crippen molar-refractivity contribution in [2.45, 2.75) is 6.54 Å². The Labute approximate surface area is 130 Å². The minimum atomic E-state index is -0.423. The Balaban J connectivity index is 1.69. The Bertz CT molecular complexity index is 906. The minimum absolute atomic E-state index is 0.176. The van der Waals surface area contributed by atoms with Crippen molar-refractivity contribution < 1.29 is 9.18 Å². The number of aromatic nitrogens is 2. The smallest absolute Gasteiger partial charge is 0.261 e. The number of para-hydroxylation sites is 1. The molecule has 0 atom stereocenters. The highest BCUT2D eigenvalue weighted by Gasteiger charge is 2.07. The third-order valence-electron chi connectivity index (χ3n) is 3.24. The summed E-state index contributed by atoms with van der Waals surface area (Å²) in [6.45, 7) is -0.176. The van der Waals surface area contributed by atoms with Crippen molar-refractivity contribution in [2.75, 3.05) is 5.43 Å².